The second kappa shape index (κ2) is 6.74. The second-order valence-electron chi connectivity index (χ2n) is 8.22. The smallest absolute Gasteiger partial charge is 0.137 e. The maximum Gasteiger partial charge on any atom is 0.137 e. The Morgan fingerprint density at radius 1 is 1.19 bits per heavy atom. The minimum atomic E-state index is 0.214. The Kier molecular flexibility index (Phi) is 4.22. The van der Waals surface area contributed by atoms with Crippen molar-refractivity contribution in [2.45, 2.75) is 56.2 Å². The third-order valence-electron chi connectivity index (χ3n) is 6.40. The van der Waals surface area contributed by atoms with Crippen LogP contribution in [0.2, 0.25) is 0 Å². The van der Waals surface area contributed by atoms with Crippen LogP contribution in [0.15, 0.2) is 24.5 Å². The van der Waals surface area contributed by atoms with Gasteiger partial charge in [-0.05, 0) is 56.7 Å². The molecule has 1 aromatic carbocycles. The number of rotatable bonds is 3. The third kappa shape index (κ3) is 3.38. The first-order valence-electron chi connectivity index (χ1n) is 10.0. The SMILES string of the molecule is N#Cc1ccc2ncnc(N[C@H]3CC[C@H](N4CCOC5(CC5)C4)CC3)c2c1. The maximum absolute atomic E-state index is 9.18. The fraction of sp³-hybridized carbons (Fsp3) is 0.571. The molecule has 1 N–H and O–H groups in total. The van der Waals surface area contributed by atoms with Gasteiger partial charge in [0.15, 0.2) is 0 Å². The summed E-state index contributed by atoms with van der Waals surface area (Å²) in [5, 5.41) is 13.7. The lowest BCUT2D eigenvalue weighted by molar-refractivity contribution is -0.0643. The molecule has 0 amide bonds. The molecule has 0 atom stereocenters. The number of ether oxygens (including phenoxy) is 1. The van der Waals surface area contributed by atoms with Gasteiger partial charge >= 0.3 is 0 Å². The zero-order valence-corrected chi connectivity index (χ0v) is 15.5. The summed E-state index contributed by atoms with van der Waals surface area (Å²) in [7, 11) is 0. The van der Waals surface area contributed by atoms with Crippen LogP contribution in [0.3, 0.4) is 0 Å². The molecule has 6 nitrogen and oxygen atoms in total. The highest BCUT2D eigenvalue weighted by Crippen LogP contribution is 2.43. The first-order valence-corrected chi connectivity index (χ1v) is 10.0. The molecule has 3 aliphatic rings. The third-order valence-corrected chi connectivity index (χ3v) is 6.40. The molecule has 1 spiro atoms. The van der Waals surface area contributed by atoms with Crippen molar-refractivity contribution in [3.63, 3.8) is 0 Å². The lowest BCUT2D eigenvalue weighted by Gasteiger charge is -2.41. The number of hydrogen-bond donors (Lipinski definition) is 1. The van der Waals surface area contributed by atoms with Gasteiger partial charge in [-0.1, -0.05) is 0 Å². The fourth-order valence-corrected chi connectivity index (χ4v) is 4.65. The van der Waals surface area contributed by atoms with E-state index in [1.54, 1.807) is 12.4 Å². The molecule has 140 valence electrons. The van der Waals surface area contributed by atoms with Crippen LogP contribution in [0.5, 0.6) is 0 Å². The molecular formula is C21H25N5O. The molecule has 2 heterocycles. The van der Waals surface area contributed by atoms with E-state index in [0.29, 0.717) is 17.6 Å². The summed E-state index contributed by atoms with van der Waals surface area (Å²) in [5.41, 5.74) is 1.74. The largest absolute Gasteiger partial charge is 0.372 e. The summed E-state index contributed by atoms with van der Waals surface area (Å²) in [5.74, 6) is 0.851. The Morgan fingerprint density at radius 3 is 2.81 bits per heavy atom. The highest BCUT2D eigenvalue weighted by atomic mass is 16.5. The van der Waals surface area contributed by atoms with Gasteiger partial charge in [-0.15, -0.1) is 0 Å². The van der Waals surface area contributed by atoms with Gasteiger partial charge in [-0.3, -0.25) is 4.90 Å². The number of nitriles is 1. The van der Waals surface area contributed by atoms with Crippen LogP contribution in [0.1, 0.15) is 44.1 Å². The molecule has 3 fully saturated rings. The second-order valence-corrected chi connectivity index (χ2v) is 8.22. The summed E-state index contributed by atoms with van der Waals surface area (Å²) in [4.78, 5) is 11.5. The van der Waals surface area contributed by atoms with Crippen molar-refractivity contribution in [2.24, 2.45) is 0 Å². The van der Waals surface area contributed by atoms with Crippen molar-refractivity contribution in [3.05, 3.63) is 30.1 Å². The monoisotopic (exact) mass is 363 g/mol. The lowest BCUT2D eigenvalue weighted by Crippen LogP contribution is -2.50. The number of nitrogens with zero attached hydrogens (tertiary/aromatic N) is 4. The summed E-state index contributed by atoms with van der Waals surface area (Å²) >= 11 is 0. The van der Waals surface area contributed by atoms with Crippen LogP contribution in [0, 0.1) is 11.3 Å². The van der Waals surface area contributed by atoms with Crippen molar-refractivity contribution in [2.75, 3.05) is 25.0 Å². The number of fused-ring (bicyclic) bond motifs is 1. The van der Waals surface area contributed by atoms with Crippen LogP contribution in [0.25, 0.3) is 10.9 Å². The minimum absolute atomic E-state index is 0.214. The van der Waals surface area contributed by atoms with Gasteiger partial charge in [0.1, 0.15) is 12.1 Å². The van der Waals surface area contributed by atoms with Gasteiger partial charge in [0.05, 0.1) is 29.4 Å². The highest BCUT2D eigenvalue weighted by molar-refractivity contribution is 5.89. The average molecular weight is 363 g/mol. The molecule has 6 heteroatoms. The minimum Gasteiger partial charge on any atom is -0.372 e. The fourth-order valence-electron chi connectivity index (χ4n) is 4.65. The first kappa shape index (κ1) is 16.9. The van der Waals surface area contributed by atoms with Crippen molar-refractivity contribution >= 4 is 16.7 Å². The predicted octanol–water partition coefficient (Wildman–Crippen LogP) is 3.09. The number of hydrogen-bond acceptors (Lipinski definition) is 6. The Morgan fingerprint density at radius 2 is 2.04 bits per heavy atom. The van der Waals surface area contributed by atoms with E-state index in [2.05, 4.69) is 26.3 Å². The summed E-state index contributed by atoms with van der Waals surface area (Å²) in [6.07, 6.45) is 8.83. The van der Waals surface area contributed by atoms with Crippen LogP contribution >= 0.6 is 0 Å². The first-order chi connectivity index (χ1) is 13.2. The Bertz CT molecular complexity index is 880. The highest BCUT2D eigenvalue weighted by Gasteiger charge is 2.48. The predicted molar refractivity (Wildman–Crippen MR) is 103 cm³/mol. The summed E-state index contributed by atoms with van der Waals surface area (Å²) in [6, 6.07) is 8.91. The molecule has 0 radical (unpaired) electrons. The number of nitrogens with one attached hydrogen (secondary N) is 1. The number of anilines is 1. The Balaban J connectivity index is 1.24. The topological polar surface area (TPSA) is 74.1 Å². The Labute approximate surface area is 159 Å². The van der Waals surface area contributed by atoms with Gasteiger partial charge in [-0.25, -0.2) is 9.97 Å². The van der Waals surface area contributed by atoms with E-state index < -0.39 is 0 Å². The van der Waals surface area contributed by atoms with Gasteiger partial charge in [0, 0.05) is 30.6 Å². The van der Waals surface area contributed by atoms with E-state index >= 15 is 0 Å². The number of aromatic nitrogens is 2. The lowest BCUT2D eigenvalue weighted by atomic mass is 9.89. The van der Waals surface area contributed by atoms with Crippen molar-refractivity contribution in [1.29, 1.82) is 5.26 Å². The molecule has 27 heavy (non-hydrogen) atoms. The quantitative estimate of drug-likeness (QED) is 0.903. The molecule has 2 saturated carbocycles. The molecule has 5 rings (SSSR count). The zero-order valence-electron chi connectivity index (χ0n) is 15.5. The maximum atomic E-state index is 9.18. The molecule has 0 bridgehead atoms. The van der Waals surface area contributed by atoms with Crippen LogP contribution in [-0.2, 0) is 4.74 Å². The van der Waals surface area contributed by atoms with E-state index in [-0.39, 0.29) is 5.60 Å². The van der Waals surface area contributed by atoms with Crippen LogP contribution in [0.4, 0.5) is 5.82 Å². The zero-order chi connectivity index (χ0) is 18.3. The molecule has 2 aromatic rings. The molecule has 1 aromatic heterocycles. The van der Waals surface area contributed by atoms with E-state index in [1.165, 1.54) is 25.7 Å². The average Bonchev–Trinajstić information content (AvgIpc) is 3.46. The van der Waals surface area contributed by atoms with Gasteiger partial charge in [0.25, 0.3) is 0 Å². The summed E-state index contributed by atoms with van der Waals surface area (Å²) in [6.45, 7) is 3.10. The van der Waals surface area contributed by atoms with Crippen LogP contribution in [-0.4, -0.2) is 52.2 Å². The van der Waals surface area contributed by atoms with E-state index in [4.69, 9.17) is 4.74 Å². The molecular weight excluding hydrogens is 338 g/mol. The van der Waals surface area contributed by atoms with Crippen LogP contribution < -0.4 is 5.32 Å². The van der Waals surface area contributed by atoms with Gasteiger partial charge < -0.3 is 10.1 Å². The molecule has 1 saturated heterocycles. The van der Waals surface area contributed by atoms with Crippen molar-refractivity contribution < 1.29 is 4.74 Å². The molecule has 2 aliphatic carbocycles. The Hall–Kier alpha value is -2.23. The van der Waals surface area contributed by atoms with Crippen molar-refractivity contribution in [3.8, 4) is 6.07 Å². The number of morpholine rings is 1. The van der Waals surface area contributed by atoms with E-state index in [9.17, 15) is 5.26 Å². The normalized spacial score (nSPS) is 27.4. The van der Waals surface area contributed by atoms with E-state index in [1.807, 2.05) is 12.1 Å². The molecule has 1 aliphatic heterocycles. The van der Waals surface area contributed by atoms with Crippen molar-refractivity contribution in [1.82, 2.24) is 14.9 Å². The standard InChI is InChI=1S/C21H25N5O/c22-12-15-1-6-19-18(11-15)20(24-14-23-19)25-16-2-4-17(5-3-16)26-9-10-27-21(13-26)7-8-21/h1,6,11,14,16-17H,2-5,7-10,13H2,(H,23,24,25)/t16-,17-. The summed E-state index contributed by atoms with van der Waals surface area (Å²) < 4.78 is 5.97. The molecule has 0 unspecified atom stereocenters. The van der Waals surface area contributed by atoms with E-state index in [0.717, 1.165) is 49.3 Å². The number of benzene rings is 1. The van der Waals surface area contributed by atoms with Gasteiger partial charge in [0.2, 0.25) is 0 Å². The van der Waals surface area contributed by atoms with Gasteiger partial charge in [-0.2, -0.15) is 5.26 Å².